The van der Waals surface area contributed by atoms with Gasteiger partial charge in [-0.05, 0) is 73.9 Å². The summed E-state index contributed by atoms with van der Waals surface area (Å²) in [6, 6.07) is 15.8. The van der Waals surface area contributed by atoms with Gasteiger partial charge in [0.15, 0.2) is 0 Å². The number of ether oxygens (including phenoxy) is 1. The van der Waals surface area contributed by atoms with E-state index in [0.29, 0.717) is 11.3 Å². The van der Waals surface area contributed by atoms with Crippen LogP contribution in [-0.2, 0) is 20.0 Å². The Morgan fingerprint density at radius 3 is 2.06 bits per heavy atom. The molecule has 0 saturated heterocycles. The van der Waals surface area contributed by atoms with Crippen LogP contribution < -0.4 is 14.2 Å². The first kappa shape index (κ1) is 22.6. The van der Waals surface area contributed by atoms with Gasteiger partial charge in [-0.15, -0.1) is 0 Å². The molecule has 2 N–H and O–H groups in total. The van der Waals surface area contributed by atoms with Crippen LogP contribution >= 0.6 is 0 Å². The van der Waals surface area contributed by atoms with Crippen LogP contribution in [0.4, 0.5) is 11.4 Å². The fourth-order valence-electron chi connectivity index (χ4n) is 2.98. The van der Waals surface area contributed by atoms with Crippen LogP contribution in [0.3, 0.4) is 0 Å². The molecule has 0 radical (unpaired) electrons. The Balaban J connectivity index is 1.95. The summed E-state index contributed by atoms with van der Waals surface area (Å²) in [4.78, 5) is 0.0615. The lowest BCUT2D eigenvalue weighted by molar-refractivity contribution is 0.417. The molecule has 7 nitrogen and oxygen atoms in total. The Morgan fingerprint density at radius 2 is 1.39 bits per heavy atom. The molecule has 0 heterocycles. The monoisotopic (exact) mass is 460 g/mol. The molecule has 0 amide bonds. The van der Waals surface area contributed by atoms with E-state index < -0.39 is 20.0 Å². The molecule has 3 rings (SSSR count). The third-order valence-corrected chi connectivity index (χ3v) is 7.76. The second-order valence-corrected chi connectivity index (χ2v) is 10.5. The highest BCUT2D eigenvalue weighted by molar-refractivity contribution is 7.93. The molecule has 0 aromatic heterocycles. The van der Waals surface area contributed by atoms with Crippen LogP contribution in [-0.4, -0.2) is 23.9 Å². The average molecular weight is 461 g/mol. The summed E-state index contributed by atoms with van der Waals surface area (Å²) in [5, 5.41) is 0. The molecule has 0 aliphatic carbocycles. The fraction of sp³-hybridized carbons (Fsp3) is 0.182. The van der Waals surface area contributed by atoms with Crippen molar-refractivity contribution in [2.75, 3.05) is 16.6 Å². The molecule has 9 heteroatoms. The average Bonchev–Trinajstić information content (AvgIpc) is 2.71. The fourth-order valence-corrected chi connectivity index (χ4v) is 5.45. The molecule has 3 aromatic carbocycles. The Hall–Kier alpha value is -3.04. The first-order valence-electron chi connectivity index (χ1n) is 9.40. The van der Waals surface area contributed by atoms with E-state index >= 15 is 0 Å². The number of anilines is 2. The minimum atomic E-state index is -4.00. The van der Waals surface area contributed by atoms with E-state index in [2.05, 4.69) is 9.44 Å². The quantitative estimate of drug-likeness (QED) is 0.550. The molecule has 3 aromatic rings. The van der Waals surface area contributed by atoms with Crippen LogP contribution in [0.2, 0.25) is 0 Å². The standard InChI is InChI=1S/C22H24N2O5S2/c1-15-10-12-19(13-17(15)3)30(25,26)23-18-11-9-16(2)22(14-18)31(27,28)24-20-7-5-6-8-21(20)29-4/h5-14,23-24H,1-4H3. The van der Waals surface area contributed by atoms with Crippen molar-refractivity contribution in [1.82, 2.24) is 0 Å². The summed E-state index contributed by atoms with van der Waals surface area (Å²) in [7, 11) is -6.43. The Bertz CT molecular complexity index is 1330. The third-order valence-electron chi connectivity index (χ3n) is 4.87. The Labute approximate surface area is 183 Å². The SMILES string of the molecule is COc1ccccc1NS(=O)(=O)c1cc(NS(=O)(=O)c2ccc(C)c(C)c2)ccc1C. The van der Waals surface area contributed by atoms with Gasteiger partial charge in [-0.1, -0.05) is 24.3 Å². The highest BCUT2D eigenvalue weighted by Crippen LogP contribution is 2.29. The van der Waals surface area contributed by atoms with Gasteiger partial charge in [0.2, 0.25) is 0 Å². The van der Waals surface area contributed by atoms with Crippen molar-refractivity contribution in [2.45, 2.75) is 30.6 Å². The van der Waals surface area contributed by atoms with Gasteiger partial charge in [0, 0.05) is 0 Å². The normalized spacial score (nSPS) is 11.7. The lowest BCUT2D eigenvalue weighted by Gasteiger charge is -2.15. The van der Waals surface area contributed by atoms with E-state index in [0.717, 1.165) is 11.1 Å². The van der Waals surface area contributed by atoms with Crippen LogP contribution in [0.1, 0.15) is 16.7 Å². The number of hydrogen-bond acceptors (Lipinski definition) is 5. The second-order valence-electron chi connectivity index (χ2n) is 7.14. The zero-order valence-corrected chi connectivity index (χ0v) is 19.3. The summed E-state index contributed by atoms with van der Waals surface area (Å²) >= 11 is 0. The summed E-state index contributed by atoms with van der Waals surface area (Å²) in [5.74, 6) is 0.371. The van der Waals surface area contributed by atoms with E-state index in [-0.39, 0.29) is 21.2 Å². The minimum Gasteiger partial charge on any atom is -0.495 e. The zero-order chi connectivity index (χ0) is 22.8. The lowest BCUT2D eigenvalue weighted by atomic mass is 10.1. The predicted molar refractivity (Wildman–Crippen MR) is 122 cm³/mol. The molecule has 164 valence electrons. The van der Waals surface area contributed by atoms with Crippen LogP contribution in [0.5, 0.6) is 5.75 Å². The van der Waals surface area contributed by atoms with Crippen molar-refractivity contribution in [1.29, 1.82) is 0 Å². The van der Waals surface area contributed by atoms with Gasteiger partial charge in [-0.25, -0.2) is 16.8 Å². The van der Waals surface area contributed by atoms with Crippen LogP contribution in [0.15, 0.2) is 70.5 Å². The number of sulfonamides is 2. The number of aryl methyl sites for hydroxylation is 3. The van der Waals surface area contributed by atoms with E-state index in [4.69, 9.17) is 4.74 Å². The van der Waals surface area contributed by atoms with Gasteiger partial charge in [0.25, 0.3) is 20.0 Å². The molecule has 31 heavy (non-hydrogen) atoms. The van der Waals surface area contributed by atoms with Crippen LogP contribution in [0, 0.1) is 20.8 Å². The molecule has 0 unspecified atom stereocenters. The summed E-state index contributed by atoms with van der Waals surface area (Å²) < 4.78 is 61.8. The van der Waals surface area contributed by atoms with Gasteiger partial charge in [-0.3, -0.25) is 9.44 Å². The molecule has 0 fully saturated rings. The molecule has 0 aliphatic heterocycles. The highest BCUT2D eigenvalue weighted by atomic mass is 32.2. The van der Waals surface area contributed by atoms with Gasteiger partial charge in [-0.2, -0.15) is 0 Å². The summed E-state index contributed by atoms with van der Waals surface area (Å²) in [6.07, 6.45) is 0. The molecular weight excluding hydrogens is 436 g/mol. The zero-order valence-electron chi connectivity index (χ0n) is 17.6. The molecule has 0 spiro atoms. The molecule has 0 aliphatic rings. The van der Waals surface area contributed by atoms with Crippen molar-refractivity contribution in [3.05, 3.63) is 77.4 Å². The van der Waals surface area contributed by atoms with E-state index in [9.17, 15) is 16.8 Å². The Kier molecular flexibility index (Phi) is 6.28. The smallest absolute Gasteiger partial charge is 0.262 e. The van der Waals surface area contributed by atoms with Crippen molar-refractivity contribution < 1.29 is 21.6 Å². The van der Waals surface area contributed by atoms with Crippen molar-refractivity contribution in [2.24, 2.45) is 0 Å². The van der Waals surface area contributed by atoms with Crippen molar-refractivity contribution in [3.8, 4) is 5.75 Å². The number of rotatable bonds is 7. The second kappa shape index (κ2) is 8.60. The van der Waals surface area contributed by atoms with Crippen molar-refractivity contribution in [3.63, 3.8) is 0 Å². The van der Waals surface area contributed by atoms with E-state index in [1.807, 2.05) is 13.8 Å². The number of hydrogen-bond donors (Lipinski definition) is 2. The number of para-hydroxylation sites is 2. The maximum Gasteiger partial charge on any atom is 0.262 e. The van der Waals surface area contributed by atoms with Gasteiger partial charge in [0.05, 0.1) is 28.3 Å². The van der Waals surface area contributed by atoms with Crippen LogP contribution in [0.25, 0.3) is 0 Å². The summed E-state index contributed by atoms with van der Waals surface area (Å²) in [6.45, 7) is 5.36. The Morgan fingerprint density at radius 1 is 0.710 bits per heavy atom. The number of benzene rings is 3. The topological polar surface area (TPSA) is 102 Å². The highest BCUT2D eigenvalue weighted by Gasteiger charge is 2.21. The number of nitrogens with one attached hydrogen (secondary N) is 2. The predicted octanol–water partition coefficient (Wildman–Crippen LogP) is 4.22. The molecule has 0 bridgehead atoms. The third kappa shape index (κ3) is 5.00. The van der Waals surface area contributed by atoms with Gasteiger partial charge >= 0.3 is 0 Å². The van der Waals surface area contributed by atoms with Crippen molar-refractivity contribution >= 4 is 31.4 Å². The first-order chi connectivity index (χ1) is 14.5. The first-order valence-corrected chi connectivity index (χ1v) is 12.4. The van der Waals surface area contributed by atoms with E-state index in [1.165, 1.54) is 25.3 Å². The minimum absolute atomic E-state index is 0.0429. The van der Waals surface area contributed by atoms with Gasteiger partial charge < -0.3 is 4.74 Å². The van der Waals surface area contributed by atoms with E-state index in [1.54, 1.807) is 49.4 Å². The number of methoxy groups -OCH3 is 1. The maximum absolute atomic E-state index is 13.0. The van der Waals surface area contributed by atoms with Gasteiger partial charge in [0.1, 0.15) is 5.75 Å². The lowest BCUT2D eigenvalue weighted by Crippen LogP contribution is -2.17. The molecular formula is C22H24N2O5S2. The molecule has 0 atom stereocenters. The molecule has 0 saturated carbocycles. The largest absolute Gasteiger partial charge is 0.495 e. The summed E-state index contributed by atoms with van der Waals surface area (Å²) in [5.41, 5.74) is 2.72. The maximum atomic E-state index is 13.0.